The normalized spacial score (nSPS) is 15.6. The van der Waals surface area contributed by atoms with E-state index in [9.17, 15) is 14.7 Å². The first-order valence-electron chi connectivity index (χ1n) is 8.19. The van der Waals surface area contributed by atoms with Crippen molar-refractivity contribution in [1.29, 1.82) is 0 Å². The smallest absolute Gasteiger partial charge is 0.310 e. The number of nitrogens with one attached hydrogen (secondary N) is 1. The number of carboxylic acids is 1. The fourth-order valence-corrected chi connectivity index (χ4v) is 2.81. The topological polar surface area (TPSA) is 75.6 Å². The minimum atomic E-state index is -0.854. The Morgan fingerprint density at radius 1 is 1.35 bits per heavy atom. The first-order chi connectivity index (χ1) is 11.0. The van der Waals surface area contributed by atoms with Gasteiger partial charge in [-0.15, -0.1) is 0 Å². The van der Waals surface area contributed by atoms with Crippen LogP contribution in [-0.2, 0) is 16.1 Å². The molecule has 1 aliphatic rings. The number of benzene rings is 1. The van der Waals surface area contributed by atoms with E-state index in [2.05, 4.69) is 12.2 Å². The van der Waals surface area contributed by atoms with E-state index in [4.69, 9.17) is 4.74 Å². The molecule has 0 radical (unpaired) electrons. The van der Waals surface area contributed by atoms with Crippen molar-refractivity contribution >= 4 is 11.9 Å². The van der Waals surface area contributed by atoms with E-state index in [1.54, 1.807) is 0 Å². The molecule has 2 N–H and O–H groups in total. The van der Waals surface area contributed by atoms with Crippen molar-refractivity contribution < 1.29 is 19.4 Å². The van der Waals surface area contributed by atoms with Crippen molar-refractivity contribution in [1.82, 2.24) is 5.32 Å². The van der Waals surface area contributed by atoms with Crippen LogP contribution in [0.25, 0.3) is 0 Å². The molecular weight excluding hydrogens is 294 g/mol. The van der Waals surface area contributed by atoms with Crippen molar-refractivity contribution in [3.8, 4) is 5.75 Å². The predicted molar refractivity (Wildman–Crippen MR) is 87.3 cm³/mol. The third-order valence-corrected chi connectivity index (χ3v) is 4.53. The molecule has 0 aliphatic heterocycles. The zero-order valence-corrected chi connectivity index (χ0v) is 13.9. The molecule has 23 heavy (non-hydrogen) atoms. The molecule has 1 fully saturated rings. The van der Waals surface area contributed by atoms with Gasteiger partial charge in [-0.3, -0.25) is 9.59 Å². The summed E-state index contributed by atoms with van der Waals surface area (Å²) in [6.07, 6.45) is 3.11. The highest BCUT2D eigenvalue weighted by molar-refractivity contribution is 5.85. The molecule has 1 aliphatic carbocycles. The fourth-order valence-electron chi connectivity index (χ4n) is 2.81. The van der Waals surface area contributed by atoms with E-state index in [1.807, 2.05) is 25.1 Å². The van der Waals surface area contributed by atoms with Gasteiger partial charge in [0.15, 0.2) is 0 Å². The van der Waals surface area contributed by atoms with Crippen LogP contribution in [0.5, 0.6) is 5.75 Å². The number of carbonyl (C=O) groups is 2. The molecule has 0 heterocycles. The van der Waals surface area contributed by atoms with Gasteiger partial charge in [-0.2, -0.15) is 0 Å². The van der Waals surface area contributed by atoms with Crippen molar-refractivity contribution in [2.24, 2.45) is 5.41 Å². The number of hydrogen-bond donors (Lipinski definition) is 2. The molecule has 0 aromatic heterocycles. The number of rotatable bonds is 8. The van der Waals surface area contributed by atoms with E-state index in [1.165, 1.54) is 0 Å². The third-order valence-electron chi connectivity index (χ3n) is 4.53. The van der Waals surface area contributed by atoms with Gasteiger partial charge in [0.2, 0.25) is 5.91 Å². The van der Waals surface area contributed by atoms with E-state index < -0.39 is 11.4 Å². The highest BCUT2D eigenvalue weighted by Crippen LogP contribution is 2.44. The zero-order valence-electron chi connectivity index (χ0n) is 13.9. The van der Waals surface area contributed by atoms with Gasteiger partial charge in [0.1, 0.15) is 5.75 Å². The van der Waals surface area contributed by atoms with Crippen LogP contribution < -0.4 is 10.1 Å². The van der Waals surface area contributed by atoms with Crippen LogP contribution in [0.2, 0.25) is 0 Å². The lowest BCUT2D eigenvalue weighted by Gasteiger charge is -2.36. The summed E-state index contributed by atoms with van der Waals surface area (Å²) in [6.45, 7) is 5.13. The van der Waals surface area contributed by atoms with Gasteiger partial charge in [-0.1, -0.05) is 19.4 Å². The Morgan fingerprint density at radius 2 is 2.09 bits per heavy atom. The Balaban J connectivity index is 1.88. The molecule has 5 heteroatoms. The van der Waals surface area contributed by atoms with Gasteiger partial charge in [-0.25, -0.2) is 0 Å². The minimum Gasteiger partial charge on any atom is -0.494 e. The SMILES string of the molecule is CCCOc1ccc(CNC(=O)CC2(C(=O)O)CCC2)c(C)c1. The van der Waals surface area contributed by atoms with Gasteiger partial charge in [0, 0.05) is 13.0 Å². The zero-order chi connectivity index (χ0) is 16.9. The summed E-state index contributed by atoms with van der Waals surface area (Å²) in [5.41, 5.74) is 1.23. The van der Waals surface area contributed by atoms with Crippen LogP contribution in [0.3, 0.4) is 0 Å². The monoisotopic (exact) mass is 319 g/mol. The molecule has 1 amide bonds. The Bertz CT molecular complexity index is 578. The van der Waals surface area contributed by atoms with E-state index >= 15 is 0 Å². The molecule has 2 rings (SSSR count). The minimum absolute atomic E-state index is 0.0685. The largest absolute Gasteiger partial charge is 0.494 e. The predicted octanol–water partition coefficient (Wildman–Crippen LogP) is 3.05. The number of carboxylic acid groups (broad SMARTS) is 1. The number of ether oxygens (including phenoxy) is 1. The van der Waals surface area contributed by atoms with Crippen LogP contribution >= 0.6 is 0 Å². The molecule has 1 aromatic rings. The summed E-state index contributed by atoms with van der Waals surface area (Å²) < 4.78 is 5.58. The van der Waals surface area contributed by atoms with E-state index in [-0.39, 0.29) is 12.3 Å². The summed E-state index contributed by atoms with van der Waals surface area (Å²) in [6, 6.07) is 5.80. The lowest BCUT2D eigenvalue weighted by atomic mass is 9.66. The van der Waals surface area contributed by atoms with Crippen LogP contribution in [-0.4, -0.2) is 23.6 Å². The highest BCUT2D eigenvalue weighted by Gasteiger charge is 2.45. The van der Waals surface area contributed by atoms with Crippen molar-refractivity contribution in [2.45, 2.75) is 52.5 Å². The highest BCUT2D eigenvalue weighted by atomic mass is 16.5. The Labute approximate surface area is 137 Å². The average Bonchev–Trinajstić information content (AvgIpc) is 2.47. The Hall–Kier alpha value is -2.04. The lowest BCUT2D eigenvalue weighted by molar-refractivity contribution is -0.157. The second kappa shape index (κ2) is 7.49. The van der Waals surface area contributed by atoms with E-state index in [0.717, 1.165) is 29.7 Å². The number of aliphatic carboxylic acids is 1. The van der Waals surface area contributed by atoms with Crippen molar-refractivity contribution in [3.05, 3.63) is 29.3 Å². The standard InChI is InChI=1S/C18H25NO4/c1-3-9-23-15-6-5-14(13(2)10-15)12-19-16(20)11-18(17(21)22)7-4-8-18/h5-6,10H,3-4,7-9,11-12H2,1-2H3,(H,19,20)(H,21,22). The first kappa shape index (κ1) is 17.3. The average molecular weight is 319 g/mol. The Kier molecular flexibility index (Phi) is 5.64. The summed E-state index contributed by atoms with van der Waals surface area (Å²) >= 11 is 0. The molecule has 0 atom stereocenters. The maximum Gasteiger partial charge on any atom is 0.310 e. The number of amides is 1. The van der Waals surface area contributed by atoms with Crippen LogP contribution in [0.4, 0.5) is 0 Å². The van der Waals surface area contributed by atoms with Crippen molar-refractivity contribution in [2.75, 3.05) is 6.61 Å². The number of hydrogen-bond acceptors (Lipinski definition) is 3. The molecule has 126 valence electrons. The summed E-state index contributed by atoms with van der Waals surface area (Å²) in [5.74, 6) is -0.218. The molecule has 0 bridgehead atoms. The van der Waals surface area contributed by atoms with Gasteiger partial charge >= 0.3 is 5.97 Å². The molecule has 0 unspecified atom stereocenters. The molecule has 0 saturated heterocycles. The van der Waals surface area contributed by atoms with Gasteiger partial charge in [0.25, 0.3) is 0 Å². The van der Waals surface area contributed by atoms with Crippen LogP contribution in [0.1, 0.15) is 50.2 Å². The molecule has 0 spiro atoms. The second-order valence-electron chi connectivity index (χ2n) is 6.33. The number of aryl methyl sites for hydroxylation is 1. The second-order valence-corrected chi connectivity index (χ2v) is 6.33. The van der Waals surface area contributed by atoms with Crippen molar-refractivity contribution in [3.63, 3.8) is 0 Å². The lowest BCUT2D eigenvalue weighted by Crippen LogP contribution is -2.42. The van der Waals surface area contributed by atoms with Gasteiger partial charge in [0.05, 0.1) is 12.0 Å². The summed E-state index contributed by atoms with van der Waals surface area (Å²) in [4.78, 5) is 23.3. The third kappa shape index (κ3) is 4.24. The van der Waals surface area contributed by atoms with E-state index in [0.29, 0.717) is 26.0 Å². The van der Waals surface area contributed by atoms with Crippen LogP contribution in [0.15, 0.2) is 18.2 Å². The maximum atomic E-state index is 12.0. The molecule has 5 nitrogen and oxygen atoms in total. The molecular formula is C18H25NO4. The first-order valence-corrected chi connectivity index (χ1v) is 8.19. The molecule has 1 aromatic carbocycles. The number of carbonyl (C=O) groups excluding carboxylic acids is 1. The molecule has 1 saturated carbocycles. The maximum absolute atomic E-state index is 12.0. The van der Waals surface area contributed by atoms with Gasteiger partial charge in [-0.05, 0) is 49.4 Å². The van der Waals surface area contributed by atoms with Crippen LogP contribution in [0, 0.1) is 12.3 Å². The fraction of sp³-hybridized carbons (Fsp3) is 0.556. The Morgan fingerprint density at radius 3 is 2.61 bits per heavy atom. The quantitative estimate of drug-likeness (QED) is 0.772. The van der Waals surface area contributed by atoms with Gasteiger partial charge < -0.3 is 15.2 Å². The summed E-state index contributed by atoms with van der Waals surface area (Å²) in [7, 11) is 0. The summed E-state index contributed by atoms with van der Waals surface area (Å²) in [5, 5.41) is 12.1.